The molecule has 1 heterocycles. The van der Waals surface area contributed by atoms with E-state index in [4.69, 9.17) is 5.11 Å². The first-order valence-electron chi connectivity index (χ1n) is 6.38. The maximum atomic E-state index is 13.7. The Morgan fingerprint density at radius 2 is 2.10 bits per heavy atom. The van der Waals surface area contributed by atoms with E-state index in [0.29, 0.717) is 17.7 Å². The first kappa shape index (κ1) is 14.2. The summed E-state index contributed by atoms with van der Waals surface area (Å²) in [6, 6.07) is 6.36. The van der Waals surface area contributed by atoms with Gasteiger partial charge in [-0.25, -0.2) is 13.9 Å². The summed E-state index contributed by atoms with van der Waals surface area (Å²) in [4.78, 5) is 11.1. The van der Waals surface area contributed by atoms with Crippen molar-refractivity contribution in [1.29, 1.82) is 0 Å². The molecule has 0 bridgehead atoms. The zero-order valence-corrected chi connectivity index (χ0v) is 11.4. The summed E-state index contributed by atoms with van der Waals surface area (Å²) in [6.45, 7) is 4.13. The molecule has 1 N–H and O–H groups in total. The Kier molecular flexibility index (Phi) is 4.12. The first-order valence-corrected chi connectivity index (χ1v) is 6.38. The predicted octanol–water partition coefficient (Wildman–Crippen LogP) is 2.36. The quantitative estimate of drug-likeness (QED) is 0.911. The van der Waals surface area contributed by atoms with Crippen molar-refractivity contribution in [3.8, 4) is 0 Å². The maximum absolute atomic E-state index is 13.7. The molecule has 1 aromatic carbocycles. The smallest absolute Gasteiger partial charge is 0.358 e. The topological polar surface area (TPSA) is 68.0 Å². The van der Waals surface area contributed by atoms with Crippen molar-refractivity contribution in [1.82, 2.24) is 15.0 Å². The molecular weight excluding hydrogens is 261 g/mol. The minimum absolute atomic E-state index is 0.0601. The molecule has 1 aromatic heterocycles. The Bertz CT molecular complexity index is 623. The van der Waals surface area contributed by atoms with Gasteiger partial charge in [0, 0.05) is 5.56 Å². The number of carboxylic acid groups (broad SMARTS) is 1. The second kappa shape index (κ2) is 5.81. The van der Waals surface area contributed by atoms with Crippen LogP contribution in [-0.2, 0) is 13.0 Å². The van der Waals surface area contributed by atoms with Gasteiger partial charge in [0.2, 0.25) is 0 Å². The molecule has 2 aromatic rings. The van der Waals surface area contributed by atoms with Crippen molar-refractivity contribution >= 4 is 5.97 Å². The Balaban J connectivity index is 2.36. The number of benzene rings is 1. The number of carboxylic acids is 1. The normalized spacial score (nSPS) is 11.0. The fourth-order valence-electron chi connectivity index (χ4n) is 2.00. The van der Waals surface area contributed by atoms with Gasteiger partial charge in [-0.1, -0.05) is 37.3 Å². The molecule has 6 heteroatoms. The third-order valence-electron chi connectivity index (χ3n) is 2.92. The molecule has 20 heavy (non-hydrogen) atoms. The molecular formula is C14H16FN3O2. The van der Waals surface area contributed by atoms with E-state index < -0.39 is 5.97 Å². The van der Waals surface area contributed by atoms with Crippen LogP contribution in [0, 0.1) is 11.7 Å². The standard InChI is InChI=1S/C14H16FN3O2/c1-9(2)7-12-13(14(19)20)16-17-18(12)8-10-5-3-4-6-11(10)15/h3-6,9H,7-8H2,1-2H3,(H,19,20). The molecule has 0 unspecified atom stereocenters. The van der Waals surface area contributed by atoms with E-state index in [-0.39, 0.29) is 24.0 Å². The van der Waals surface area contributed by atoms with Gasteiger partial charge in [-0.2, -0.15) is 0 Å². The number of nitrogens with zero attached hydrogens (tertiary/aromatic N) is 3. The molecule has 0 aliphatic rings. The van der Waals surface area contributed by atoms with Crippen molar-refractivity contribution in [2.45, 2.75) is 26.8 Å². The lowest BCUT2D eigenvalue weighted by Gasteiger charge is -2.09. The predicted molar refractivity (Wildman–Crippen MR) is 71.0 cm³/mol. The van der Waals surface area contributed by atoms with Gasteiger partial charge >= 0.3 is 5.97 Å². The van der Waals surface area contributed by atoms with Crippen LogP contribution in [0.3, 0.4) is 0 Å². The number of hydrogen-bond acceptors (Lipinski definition) is 3. The van der Waals surface area contributed by atoms with Crippen LogP contribution >= 0.6 is 0 Å². The van der Waals surface area contributed by atoms with Crippen LogP contribution in [0.15, 0.2) is 24.3 Å². The molecule has 0 radical (unpaired) electrons. The van der Waals surface area contributed by atoms with Gasteiger partial charge in [0.1, 0.15) is 5.82 Å². The summed E-state index contributed by atoms with van der Waals surface area (Å²) in [5, 5.41) is 16.7. The van der Waals surface area contributed by atoms with Gasteiger partial charge in [-0.3, -0.25) is 0 Å². The van der Waals surface area contributed by atoms with E-state index in [1.165, 1.54) is 10.7 Å². The fraction of sp³-hybridized carbons (Fsp3) is 0.357. The average molecular weight is 277 g/mol. The molecule has 0 aliphatic heterocycles. The first-order chi connectivity index (χ1) is 9.49. The van der Waals surface area contributed by atoms with Crippen LogP contribution < -0.4 is 0 Å². The molecule has 0 saturated carbocycles. The van der Waals surface area contributed by atoms with Crippen LogP contribution in [-0.4, -0.2) is 26.1 Å². The van der Waals surface area contributed by atoms with E-state index in [1.54, 1.807) is 18.2 Å². The highest BCUT2D eigenvalue weighted by molar-refractivity contribution is 5.86. The van der Waals surface area contributed by atoms with Crippen molar-refractivity contribution in [2.75, 3.05) is 0 Å². The summed E-state index contributed by atoms with van der Waals surface area (Å²) < 4.78 is 15.1. The lowest BCUT2D eigenvalue weighted by molar-refractivity contribution is 0.0689. The molecule has 0 atom stereocenters. The minimum Gasteiger partial charge on any atom is -0.476 e. The summed E-state index contributed by atoms with van der Waals surface area (Å²) in [5.74, 6) is -1.19. The Morgan fingerprint density at radius 3 is 2.70 bits per heavy atom. The third-order valence-corrected chi connectivity index (χ3v) is 2.92. The van der Waals surface area contributed by atoms with E-state index in [0.717, 1.165) is 0 Å². The molecule has 0 saturated heterocycles. The van der Waals surface area contributed by atoms with Gasteiger partial charge in [-0.05, 0) is 18.4 Å². The third kappa shape index (κ3) is 3.01. The SMILES string of the molecule is CC(C)Cc1c(C(=O)O)nnn1Cc1ccccc1F. The Labute approximate surface area is 116 Å². The van der Waals surface area contributed by atoms with Crippen molar-refractivity contribution < 1.29 is 14.3 Å². The highest BCUT2D eigenvalue weighted by atomic mass is 19.1. The largest absolute Gasteiger partial charge is 0.476 e. The minimum atomic E-state index is -1.11. The molecule has 0 amide bonds. The summed E-state index contributed by atoms with van der Waals surface area (Å²) in [6.07, 6.45) is 0.531. The second-order valence-electron chi connectivity index (χ2n) is 5.04. The van der Waals surface area contributed by atoms with Crippen LogP contribution in [0.25, 0.3) is 0 Å². The van der Waals surface area contributed by atoms with Gasteiger partial charge in [-0.15, -0.1) is 5.10 Å². The number of hydrogen-bond donors (Lipinski definition) is 1. The van der Waals surface area contributed by atoms with Gasteiger partial charge < -0.3 is 5.11 Å². The highest BCUT2D eigenvalue weighted by Crippen LogP contribution is 2.15. The number of aromatic nitrogens is 3. The van der Waals surface area contributed by atoms with E-state index in [9.17, 15) is 9.18 Å². The Morgan fingerprint density at radius 1 is 1.40 bits per heavy atom. The number of carbonyl (C=O) groups is 1. The van der Waals surface area contributed by atoms with E-state index in [1.807, 2.05) is 13.8 Å². The van der Waals surface area contributed by atoms with Gasteiger partial charge in [0.25, 0.3) is 0 Å². The van der Waals surface area contributed by atoms with E-state index >= 15 is 0 Å². The maximum Gasteiger partial charge on any atom is 0.358 e. The molecule has 5 nitrogen and oxygen atoms in total. The number of rotatable bonds is 5. The molecule has 106 valence electrons. The van der Waals surface area contributed by atoms with Gasteiger partial charge in [0.05, 0.1) is 12.2 Å². The molecule has 0 spiro atoms. The summed E-state index contributed by atoms with van der Waals surface area (Å²) >= 11 is 0. The summed E-state index contributed by atoms with van der Waals surface area (Å²) in [7, 11) is 0. The number of aromatic carboxylic acids is 1. The Hall–Kier alpha value is -2.24. The molecule has 0 fully saturated rings. The summed E-state index contributed by atoms with van der Waals surface area (Å²) in [5.41, 5.74) is 0.921. The number of halogens is 1. The highest BCUT2D eigenvalue weighted by Gasteiger charge is 2.20. The molecule has 0 aliphatic carbocycles. The lowest BCUT2D eigenvalue weighted by Crippen LogP contribution is -2.12. The van der Waals surface area contributed by atoms with Crippen LogP contribution in [0.5, 0.6) is 0 Å². The van der Waals surface area contributed by atoms with Crippen LogP contribution in [0.4, 0.5) is 4.39 Å². The van der Waals surface area contributed by atoms with Crippen molar-refractivity contribution in [3.63, 3.8) is 0 Å². The zero-order valence-electron chi connectivity index (χ0n) is 11.4. The fourth-order valence-corrected chi connectivity index (χ4v) is 2.00. The van der Waals surface area contributed by atoms with Crippen molar-refractivity contribution in [3.05, 3.63) is 47.0 Å². The zero-order chi connectivity index (χ0) is 14.7. The molecule has 2 rings (SSSR count). The van der Waals surface area contributed by atoms with Crippen LogP contribution in [0.1, 0.15) is 35.6 Å². The van der Waals surface area contributed by atoms with Gasteiger partial charge in [0.15, 0.2) is 5.69 Å². The average Bonchev–Trinajstić information content (AvgIpc) is 2.75. The van der Waals surface area contributed by atoms with E-state index in [2.05, 4.69) is 10.3 Å². The van der Waals surface area contributed by atoms with Crippen molar-refractivity contribution in [2.24, 2.45) is 5.92 Å². The lowest BCUT2D eigenvalue weighted by atomic mass is 10.1. The van der Waals surface area contributed by atoms with Crippen LogP contribution in [0.2, 0.25) is 0 Å². The monoisotopic (exact) mass is 277 g/mol. The second-order valence-corrected chi connectivity index (χ2v) is 5.04.